The van der Waals surface area contributed by atoms with E-state index in [0.717, 1.165) is 6.07 Å². The first-order valence-corrected chi connectivity index (χ1v) is 6.82. The van der Waals surface area contributed by atoms with Crippen LogP contribution < -0.4 is 5.32 Å². The second kappa shape index (κ2) is 6.97. The van der Waals surface area contributed by atoms with Crippen LogP contribution in [0, 0.1) is 5.92 Å². The number of carbonyl (C=O) groups excluding carboxylic acids is 1. The molecule has 0 saturated carbocycles. The molecule has 0 aliphatic carbocycles. The molecule has 0 aliphatic heterocycles. The number of hydrogen-bond donors (Lipinski definition) is 1. The Morgan fingerprint density at radius 2 is 2.10 bits per heavy atom. The second-order valence-electron chi connectivity index (χ2n) is 4.23. The molecule has 1 atom stereocenters. The van der Waals surface area contributed by atoms with E-state index >= 15 is 0 Å². The lowest BCUT2D eigenvalue weighted by molar-refractivity contribution is -0.146. The average molecular weight is 354 g/mol. The minimum absolute atomic E-state index is 0.0195. The molecule has 20 heavy (non-hydrogen) atoms. The molecule has 1 aromatic rings. The Morgan fingerprint density at radius 3 is 2.65 bits per heavy atom. The predicted molar refractivity (Wildman–Crippen MR) is 73.4 cm³/mol. The summed E-state index contributed by atoms with van der Waals surface area (Å²) in [6, 6.07) is 3.83. The Balaban J connectivity index is 2.72. The van der Waals surface area contributed by atoms with E-state index in [1.54, 1.807) is 13.8 Å². The summed E-state index contributed by atoms with van der Waals surface area (Å²) in [7, 11) is 0. The first kappa shape index (κ1) is 16.8. The van der Waals surface area contributed by atoms with Gasteiger partial charge in [0.05, 0.1) is 18.1 Å². The summed E-state index contributed by atoms with van der Waals surface area (Å²) in [5.74, 6) is -0.818. The molecule has 0 heterocycles. The smallest absolute Gasteiger partial charge is 0.417 e. The largest absolute Gasteiger partial charge is 0.466 e. The van der Waals surface area contributed by atoms with E-state index in [1.165, 1.54) is 12.1 Å². The SMILES string of the molecule is CCOC(=O)C(C)CNc1ccc(Br)c(C(F)(F)F)c1. The minimum atomic E-state index is -4.43. The lowest BCUT2D eigenvalue weighted by atomic mass is 10.1. The van der Waals surface area contributed by atoms with E-state index in [4.69, 9.17) is 4.74 Å². The van der Waals surface area contributed by atoms with Crippen molar-refractivity contribution in [3.8, 4) is 0 Å². The van der Waals surface area contributed by atoms with Crippen molar-refractivity contribution in [2.45, 2.75) is 20.0 Å². The van der Waals surface area contributed by atoms with Gasteiger partial charge in [-0.3, -0.25) is 4.79 Å². The average Bonchev–Trinajstić information content (AvgIpc) is 2.36. The second-order valence-corrected chi connectivity index (χ2v) is 5.08. The van der Waals surface area contributed by atoms with E-state index in [1.807, 2.05) is 0 Å². The molecule has 3 nitrogen and oxygen atoms in total. The number of hydrogen-bond acceptors (Lipinski definition) is 3. The van der Waals surface area contributed by atoms with Gasteiger partial charge in [0.15, 0.2) is 0 Å². The van der Waals surface area contributed by atoms with Gasteiger partial charge in [0, 0.05) is 16.7 Å². The Morgan fingerprint density at radius 1 is 1.45 bits per heavy atom. The number of benzene rings is 1. The summed E-state index contributed by atoms with van der Waals surface area (Å²) >= 11 is 2.87. The zero-order chi connectivity index (χ0) is 15.3. The van der Waals surface area contributed by atoms with Crippen LogP contribution in [0.1, 0.15) is 19.4 Å². The highest BCUT2D eigenvalue weighted by Crippen LogP contribution is 2.36. The van der Waals surface area contributed by atoms with Gasteiger partial charge < -0.3 is 10.1 Å². The Bertz CT molecular complexity index is 477. The van der Waals surface area contributed by atoms with E-state index in [0.29, 0.717) is 5.69 Å². The van der Waals surface area contributed by atoms with Crippen LogP contribution >= 0.6 is 15.9 Å². The van der Waals surface area contributed by atoms with Crippen LogP contribution in [0.3, 0.4) is 0 Å². The molecule has 0 bridgehead atoms. The zero-order valence-electron chi connectivity index (χ0n) is 11.1. The van der Waals surface area contributed by atoms with E-state index in [2.05, 4.69) is 21.2 Å². The van der Waals surface area contributed by atoms with E-state index < -0.39 is 17.7 Å². The third-order valence-electron chi connectivity index (χ3n) is 2.57. The Labute approximate surface area is 123 Å². The van der Waals surface area contributed by atoms with Crippen molar-refractivity contribution < 1.29 is 22.7 Å². The van der Waals surface area contributed by atoms with Crippen LogP contribution in [0.25, 0.3) is 0 Å². The van der Waals surface area contributed by atoms with Crippen LogP contribution in [-0.4, -0.2) is 19.1 Å². The van der Waals surface area contributed by atoms with Crippen LogP contribution in [-0.2, 0) is 15.7 Å². The molecule has 0 spiro atoms. The van der Waals surface area contributed by atoms with Gasteiger partial charge in [0.25, 0.3) is 0 Å². The van der Waals surface area contributed by atoms with Gasteiger partial charge in [-0.1, -0.05) is 22.9 Å². The summed E-state index contributed by atoms with van der Waals surface area (Å²) in [5, 5.41) is 2.80. The fourth-order valence-corrected chi connectivity index (χ4v) is 1.96. The fraction of sp³-hybridized carbons (Fsp3) is 0.462. The van der Waals surface area contributed by atoms with Gasteiger partial charge in [0.2, 0.25) is 0 Å². The highest BCUT2D eigenvalue weighted by Gasteiger charge is 2.33. The molecular weight excluding hydrogens is 339 g/mol. The highest BCUT2D eigenvalue weighted by atomic mass is 79.9. The minimum Gasteiger partial charge on any atom is -0.466 e. The first-order chi connectivity index (χ1) is 9.25. The molecular formula is C13H15BrF3NO2. The maximum Gasteiger partial charge on any atom is 0.417 e. The van der Waals surface area contributed by atoms with Crippen LogP contribution in [0.4, 0.5) is 18.9 Å². The normalized spacial score (nSPS) is 12.9. The number of halogens is 4. The molecule has 0 fully saturated rings. The quantitative estimate of drug-likeness (QED) is 0.810. The number of alkyl halides is 3. The van der Waals surface area contributed by atoms with E-state index in [9.17, 15) is 18.0 Å². The highest BCUT2D eigenvalue weighted by molar-refractivity contribution is 9.10. The molecule has 1 N–H and O–H groups in total. The van der Waals surface area contributed by atoms with Crippen molar-refractivity contribution in [2.24, 2.45) is 5.92 Å². The summed E-state index contributed by atoms with van der Waals surface area (Å²) in [6.45, 7) is 3.83. The van der Waals surface area contributed by atoms with Crippen molar-refractivity contribution in [1.29, 1.82) is 0 Å². The van der Waals surface area contributed by atoms with Crippen molar-refractivity contribution >= 4 is 27.6 Å². The summed E-state index contributed by atoms with van der Waals surface area (Å²) in [5.41, 5.74) is -0.456. The molecule has 112 valence electrons. The molecule has 0 radical (unpaired) electrons. The molecule has 1 unspecified atom stereocenters. The number of esters is 1. The Kier molecular flexibility index (Phi) is 5.86. The van der Waals surface area contributed by atoms with Crippen LogP contribution in [0.5, 0.6) is 0 Å². The maximum atomic E-state index is 12.7. The van der Waals surface area contributed by atoms with Gasteiger partial charge in [0.1, 0.15) is 0 Å². The van der Waals surface area contributed by atoms with Gasteiger partial charge in [-0.2, -0.15) is 13.2 Å². The monoisotopic (exact) mass is 353 g/mol. The Hall–Kier alpha value is -1.24. The van der Waals surface area contributed by atoms with Crippen molar-refractivity contribution in [3.05, 3.63) is 28.2 Å². The lowest BCUT2D eigenvalue weighted by Gasteiger charge is -2.15. The molecule has 1 rings (SSSR count). The van der Waals surface area contributed by atoms with Gasteiger partial charge in [-0.25, -0.2) is 0 Å². The molecule has 0 saturated heterocycles. The number of carbonyl (C=O) groups is 1. The molecule has 7 heteroatoms. The van der Waals surface area contributed by atoms with Crippen molar-refractivity contribution in [1.82, 2.24) is 0 Å². The predicted octanol–water partition coefficient (Wildman–Crippen LogP) is 4.08. The summed E-state index contributed by atoms with van der Waals surface area (Å²) in [4.78, 5) is 11.4. The number of rotatable bonds is 5. The summed E-state index contributed by atoms with van der Waals surface area (Å²) < 4.78 is 43.0. The zero-order valence-corrected chi connectivity index (χ0v) is 12.6. The van der Waals surface area contributed by atoms with Gasteiger partial charge in [-0.05, 0) is 25.1 Å². The topological polar surface area (TPSA) is 38.3 Å². The first-order valence-electron chi connectivity index (χ1n) is 6.03. The number of ether oxygens (including phenoxy) is 1. The van der Waals surface area contributed by atoms with Crippen molar-refractivity contribution in [2.75, 3.05) is 18.5 Å². The summed E-state index contributed by atoms with van der Waals surface area (Å²) in [6.07, 6.45) is -4.43. The van der Waals surface area contributed by atoms with Crippen molar-refractivity contribution in [3.63, 3.8) is 0 Å². The molecule has 1 aromatic carbocycles. The van der Waals surface area contributed by atoms with Crippen LogP contribution in [0.15, 0.2) is 22.7 Å². The molecule has 0 amide bonds. The molecule has 0 aromatic heterocycles. The van der Waals surface area contributed by atoms with E-state index in [-0.39, 0.29) is 23.6 Å². The number of nitrogens with one attached hydrogen (secondary N) is 1. The molecule has 0 aliphatic rings. The lowest BCUT2D eigenvalue weighted by Crippen LogP contribution is -2.22. The van der Waals surface area contributed by atoms with Gasteiger partial charge in [-0.15, -0.1) is 0 Å². The van der Waals surface area contributed by atoms with Gasteiger partial charge >= 0.3 is 12.1 Å². The maximum absolute atomic E-state index is 12.7. The standard InChI is InChI=1S/C13H15BrF3NO2/c1-3-20-12(19)8(2)7-18-9-4-5-11(14)10(6-9)13(15,16)17/h4-6,8,18H,3,7H2,1-2H3. The van der Waals surface area contributed by atoms with Crippen LogP contribution in [0.2, 0.25) is 0 Å². The number of anilines is 1. The third-order valence-corrected chi connectivity index (χ3v) is 3.26. The fourth-order valence-electron chi connectivity index (χ4n) is 1.49. The third kappa shape index (κ3) is 4.70.